The first-order chi connectivity index (χ1) is 9.94. The van der Waals surface area contributed by atoms with Gasteiger partial charge in [0.1, 0.15) is 5.82 Å². The summed E-state index contributed by atoms with van der Waals surface area (Å²) in [6.07, 6.45) is 0. The molecule has 0 fully saturated rings. The summed E-state index contributed by atoms with van der Waals surface area (Å²) < 4.78 is 40.7. The first-order valence-corrected chi connectivity index (χ1v) is 7.97. The largest absolute Gasteiger partial charge is 0.388 e. The Morgan fingerprint density at radius 1 is 1.05 bits per heavy atom. The molecule has 21 heavy (non-hydrogen) atoms. The number of halogens is 1. The molecule has 2 N–H and O–H groups in total. The van der Waals surface area contributed by atoms with Crippen LogP contribution in [0.15, 0.2) is 53.4 Å². The molecule has 0 amide bonds. The molecule has 2 aromatic rings. The molecule has 2 rings (SSSR count). The fourth-order valence-electron chi connectivity index (χ4n) is 1.99. The molecule has 0 radical (unpaired) electrons. The number of hydrogen-bond acceptors (Lipinski definition) is 3. The average molecular weight is 308 g/mol. The van der Waals surface area contributed by atoms with Crippen molar-refractivity contribution in [1.82, 2.24) is 4.72 Å². The van der Waals surface area contributed by atoms with Crippen LogP contribution in [0.5, 0.6) is 0 Å². The summed E-state index contributed by atoms with van der Waals surface area (Å²) in [5.41, 5.74) is 1.13. The van der Waals surface area contributed by atoms with Gasteiger partial charge in [0.2, 0.25) is 10.0 Å². The molecule has 0 aliphatic rings. The van der Waals surface area contributed by atoms with Crippen LogP contribution in [0.1, 0.15) is 18.5 Å². The molecule has 2 aromatic carbocycles. The molecule has 6 heteroatoms. The van der Waals surface area contributed by atoms with Gasteiger partial charge < -0.3 is 5.32 Å². The summed E-state index contributed by atoms with van der Waals surface area (Å²) in [6.45, 7) is 1.61. The zero-order valence-electron chi connectivity index (χ0n) is 11.8. The van der Waals surface area contributed by atoms with Crippen LogP contribution in [0.25, 0.3) is 0 Å². The van der Waals surface area contributed by atoms with Crippen LogP contribution in [-0.2, 0) is 10.0 Å². The molecular formula is C15H17FN2O2S. The quantitative estimate of drug-likeness (QED) is 0.893. The van der Waals surface area contributed by atoms with Crippen molar-refractivity contribution in [1.29, 1.82) is 0 Å². The number of nitrogens with one attached hydrogen (secondary N) is 2. The second kappa shape index (κ2) is 6.24. The predicted octanol–water partition coefficient (Wildman–Crippen LogP) is 2.91. The Morgan fingerprint density at radius 2 is 1.67 bits per heavy atom. The normalized spacial score (nSPS) is 12.9. The van der Waals surface area contributed by atoms with Crippen LogP contribution in [0.2, 0.25) is 0 Å². The molecule has 0 heterocycles. The van der Waals surface area contributed by atoms with Gasteiger partial charge in [0.15, 0.2) is 0 Å². The molecule has 1 atom stereocenters. The van der Waals surface area contributed by atoms with Crippen LogP contribution in [-0.4, -0.2) is 15.5 Å². The molecule has 0 saturated carbocycles. The molecule has 0 bridgehead atoms. The average Bonchev–Trinajstić information content (AvgIpc) is 2.47. The lowest BCUT2D eigenvalue weighted by Gasteiger charge is -2.15. The van der Waals surface area contributed by atoms with Crippen molar-refractivity contribution in [3.8, 4) is 0 Å². The number of anilines is 1. The Kier molecular flexibility index (Phi) is 4.59. The minimum atomic E-state index is -3.69. The molecule has 0 aliphatic heterocycles. The lowest BCUT2D eigenvalue weighted by atomic mass is 10.1. The van der Waals surface area contributed by atoms with E-state index in [0.29, 0.717) is 5.56 Å². The summed E-state index contributed by atoms with van der Waals surface area (Å²) in [4.78, 5) is 0.143. The van der Waals surface area contributed by atoms with Crippen molar-refractivity contribution < 1.29 is 12.8 Å². The summed E-state index contributed by atoms with van der Waals surface area (Å²) in [7, 11) is -1.94. The van der Waals surface area contributed by atoms with E-state index in [9.17, 15) is 12.8 Å². The van der Waals surface area contributed by atoms with Gasteiger partial charge in [-0.3, -0.25) is 0 Å². The SMILES string of the molecule is CNc1ccc(S(=O)(=O)NC(C)c2ccccc2F)cc1. The van der Waals surface area contributed by atoms with Crippen molar-refractivity contribution in [2.45, 2.75) is 17.9 Å². The van der Waals surface area contributed by atoms with Crippen LogP contribution < -0.4 is 10.0 Å². The van der Waals surface area contributed by atoms with Gasteiger partial charge in [-0.05, 0) is 37.3 Å². The maximum Gasteiger partial charge on any atom is 0.241 e. The Bertz CT molecular complexity index is 715. The van der Waals surface area contributed by atoms with E-state index >= 15 is 0 Å². The molecule has 0 spiro atoms. The van der Waals surface area contributed by atoms with E-state index in [2.05, 4.69) is 10.0 Å². The highest BCUT2D eigenvalue weighted by atomic mass is 32.2. The van der Waals surface area contributed by atoms with Gasteiger partial charge in [-0.15, -0.1) is 0 Å². The molecule has 4 nitrogen and oxygen atoms in total. The fraction of sp³-hybridized carbons (Fsp3) is 0.200. The summed E-state index contributed by atoms with van der Waals surface area (Å²) >= 11 is 0. The maximum atomic E-state index is 13.7. The third-order valence-electron chi connectivity index (χ3n) is 3.16. The standard InChI is InChI=1S/C15H17FN2O2S/c1-11(14-5-3-4-6-15(14)16)18-21(19,20)13-9-7-12(17-2)8-10-13/h3-11,17-18H,1-2H3. The summed E-state index contributed by atoms with van der Waals surface area (Å²) in [5.74, 6) is -0.432. The molecule has 0 aliphatic carbocycles. The van der Waals surface area contributed by atoms with Crippen molar-refractivity contribution in [2.75, 3.05) is 12.4 Å². The van der Waals surface area contributed by atoms with Crippen molar-refractivity contribution in [3.05, 3.63) is 59.9 Å². The van der Waals surface area contributed by atoms with Crippen molar-refractivity contribution >= 4 is 15.7 Å². The maximum absolute atomic E-state index is 13.7. The Morgan fingerprint density at radius 3 is 2.24 bits per heavy atom. The van der Waals surface area contributed by atoms with Crippen molar-refractivity contribution in [2.24, 2.45) is 0 Å². The lowest BCUT2D eigenvalue weighted by Crippen LogP contribution is -2.27. The smallest absolute Gasteiger partial charge is 0.241 e. The van der Waals surface area contributed by atoms with Gasteiger partial charge in [0, 0.05) is 24.3 Å². The fourth-order valence-corrected chi connectivity index (χ4v) is 3.21. The van der Waals surface area contributed by atoms with E-state index in [1.54, 1.807) is 44.3 Å². The van der Waals surface area contributed by atoms with E-state index in [1.165, 1.54) is 18.2 Å². The first-order valence-electron chi connectivity index (χ1n) is 6.48. The van der Waals surface area contributed by atoms with Gasteiger partial charge in [0.25, 0.3) is 0 Å². The highest BCUT2D eigenvalue weighted by Gasteiger charge is 2.19. The second-order valence-corrected chi connectivity index (χ2v) is 6.35. The van der Waals surface area contributed by atoms with E-state index in [4.69, 9.17) is 0 Å². The van der Waals surface area contributed by atoms with E-state index in [0.717, 1.165) is 5.69 Å². The summed E-state index contributed by atoms with van der Waals surface area (Å²) in [5, 5.41) is 2.91. The van der Waals surface area contributed by atoms with Crippen LogP contribution >= 0.6 is 0 Å². The van der Waals surface area contributed by atoms with Gasteiger partial charge >= 0.3 is 0 Å². The number of hydrogen-bond donors (Lipinski definition) is 2. The van der Waals surface area contributed by atoms with Gasteiger partial charge in [-0.2, -0.15) is 0 Å². The lowest BCUT2D eigenvalue weighted by molar-refractivity contribution is 0.550. The third kappa shape index (κ3) is 3.59. The van der Waals surface area contributed by atoms with Gasteiger partial charge in [-0.1, -0.05) is 18.2 Å². The minimum absolute atomic E-state index is 0.143. The Balaban J connectivity index is 2.22. The molecule has 112 valence electrons. The minimum Gasteiger partial charge on any atom is -0.388 e. The number of benzene rings is 2. The zero-order valence-corrected chi connectivity index (χ0v) is 12.6. The highest BCUT2D eigenvalue weighted by molar-refractivity contribution is 7.89. The number of sulfonamides is 1. The van der Waals surface area contributed by atoms with Crippen LogP contribution in [0.3, 0.4) is 0 Å². The van der Waals surface area contributed by atoms with E-state index in [-0.39, 0.29) is 4.90 Å². The van der Waals surface area contributed by atoms with E-state index < -0.39 is 21.9 Å². The summed E-state index contributed by atoms with van der Waals surface area (Å²) in [6, 6.07) is 11.8. The third-order valence-corrected chi connectivity index (χ3v) is 4.71. The molecule has 0 saturated heterocycles. The zero-order chi connectivity index (χ0) is 15.5. The Hall–Kier alpha value is -1.92. The van der Waals surface area contributed by atoms with Gasteiger partial charge in [0.05, 0.1) is 4.90 Å². The van der Waals surface area contributed by atoms with Crippen molar-refractivity contribution in [3.63, 3.8) is 0 Å². The second-order valence-electron chi connectivity index (χ2n) is 4.64. The highest BCUT2D eigenvalue weighted by Crippen LogP contribution is 2.20. The topological polar surface area (TPSA) is 58.2 Å². The Labute approximate surface area is 124 Å². The molecule has 1 unspecified atom stereocenters. The van der Waals surface area contributed by atoms with Crippen LogP contribution in [0, 0.1) is 5.82 Å². The number of rotatable bonds is 5. The molecular weight excluding hydrogens is 291 g/mol. The van der Waals surface area contributed by atoms with Gasteiger partial charge in [-0.25, -0.2) is 17.5 Å². The van der Waals surface area contributed by atoms with Crippen LogP contribution in [0.4, 0.5) is 10.1 Å². The monoisotopic (exact) mass is 308 g/mol. The molecule has 0 aromatic heterocycles. The predicted molar refractivity (Wildman–Crippen MR) is 81.1 cm³/mol. The van der Waals surface area contributed by atoms with E-state index in [1.807, 2.05) is 0 Å². The first kappa shape index (κ1) is 15.5.